The van der Waals surface area contributed by atoms with Gasteiger partial charge in [0.05, 0.1) is 0 Å². The Morgan fingerprint density at radius 3 is 2.71 bits per heavy atom. The van der Waals surface area contributed by atoms with Gasteiger partial charge in [-0.05, 0) is 42.8 Å². The van der Waals surface area contributed by atoms with Crippen molar-refractivity contribution in [1.82, 2.24) is 5.16 Å². The van der Waals surface area contributed by atoms with E-state index >= 15 is 0 Å². The van der Waals surface area contributed by atoms with Crippen molar-refractivity contribution in [2.45, 2.75) is 6.92 Å². The molecular formula is C18H15FN2O3. The monoisotopic (exact) mass is 326 g/mol. The summed E-state index contributed by atoms with van der Waals surface area (Å²) in [7, 11) is 0. The Morgan fingerprint density at radius 2 is 1.96 bits per heavy atom. The first kappa shape index (κ1) is 15.7. The Morgan fingerprint density at radius 1 is 1.21 bits per heavy atom. The number of carbonyl (C=O) groups excluding carboxylic acids is 1. The third-order valence-electron chi connectivity index (χ3n) is 3.37. The number of anilines is 1. The van der Waals surface area contributed by atoms with Crippen molar-refractivity contribution >= 4 is 11.8 Å². The van der Waals surface area contributed by atoms with Crippen molar-refractivity contribution in [3.05, 3.63) is 66.0 Å². The Kier molecular flexibility index (Phi) is 4.56. The summed E-state index contributed by atoms with van der Waals surface area (Å²) in [4.78, 5) is 11.9. The molecule has 3 rings (SSSR count). The molecule has 0 fully saturated rings. The number of benzene rings is 2. The molecule has 0 atom stereocenters. The van der Waals surface area contributed by atoms with Gasteiger partial charge in [0.1, 0.15) is 17.3 Å². The first-order chi connectivity index (χ1) is 11.6. The van der Waals surface area contributed by atoms with Crippen LogP contribution < -0.4 is 10.1 Å². The van der Waals surface area contributed by atoms with Gasteiger partial charge in [0, 0.05) is 11.6 Å². The quantitative estimate of drug-likeness (QED) is 0.774. The van der Waals surface area contributed by atoms with E-state index in [1.807, 2.05) is 25.1 Å². The molecule has 6 heteroatoms. The molecule has 0 aliphatic heterocycles. The molecule has 0 saturated heterocycles. The summed E-state index contributed by atoms with van der Waals surface area (Å²) in [5, 5.41) is 6.41. The molecule has 122 valence electrons. The maximum absolute atomic E-state index is 12.9. The molecule has 2 aromatic carbocycles. The molecule has 1 amide bonds. The van der Waals surface area contributed by atoms with Gasteiger partial charge in [-0.2, -0.15) is 0 Å². The normalized spacial score (nSPS) is 10.4. The molecule has 0 saturated carbocycles. The zero-order chi connectivity index (χ0) is 16.9. The van der Waals surface area contributed by atoms with Crippen molar-refractivity contribution < 1.29 is 18.4 Å². The summed E-state index contributed by atoms with van der Waals surface area (Å²) in [5.41, 5.74) is 2.14. The minimum Gasteiger partial charge on any atom is -0.483 e. The van der Waals surface area contributed by atoms with Gasteiger partial charge in [0.15, 0.2) is 6.61 Å². The van der Waals surface area contributed by atoms with Crippen LogP contribution in [-0.2, 0) is 4.79 Å². The fourth-order valence-electron chi connectivity index (χ4n) is 2.13. The van der Waals surface area contributed by atoms with Crippen LogP contribution in [0, 0.1) is 12.7 Å². The van der Waals surface area contributed by atoms with E-state index in [9.17, 15) is 9.18 Å². The summed E-state index contributed by atoms with van der Waals surface area (Å²) in [5.74, 6) is 0.161. The van der Waals surface area contributed by atoms with Crippen LogP contribution in [-0.4, -0.2) is 17.7 Å². The summed E-state index contributed by atoms with van der Waals surface area (Å²) < 4.78 is 23.4. The molecule has 24 heavy (non-hydrogen) atoms. The fraction of sp³-hybridized carbons (Fsp3) is 0.111. The van der Waals surface area contributed by atoms with Crippen molar-refractivity contribution in [3.8, 4) is 17.0 Å². The molecule has 1 aromatic heterocycles. The van der Waals surface area contributed by atoms with Crippen LogP contribution in [0.1, 0.15) is 5.56 Å². The van der Waals surface area contributed by atoms with Gasteiger partial charge in [-0.1, -0.05) is 23.4 Å². The first-order valence-electron chi connectivity index (χ1n) is 7.33. The van der Waals surface area contributed by atoms with E-state index in [4.69, 9.17) is 9.26 Å². The number of amides is 1. The first-order valence-corrected chi connectivity index (χ1v) is 7.33. The standard InChI is InChI=1S/C18H15FN2O3/c1-12-4-2-3-5-16(12)23-11-17(22)20-18-10-15(21-24-18)13-6-8-14(19)9-7-13/h2-10H,11H2,1H3,(H,20,22). The van der Waals surface area contributed by atoms with Crippen LogP contribution in [0.15, 0.2) is 59.1 Å². The Hall–Kier alpha value is -3.15. The number of ether oxygens (including phenoxy) is 1. The summed E-state index contributed by atoms with van der Waals surface area (Å²) in [6.07, 6.45) is 0. The predicted octanol–water partition coefficient (Wildman–Crippen LogP) is 3.81. The van der Waals surface area contributed by atoms with E-state index in [-0.39, 0.29) is 24.2 Å². The lowest BCUT2D eigenvalue weighted by Gasteiger charge is -2.07. The second-order valence-corrected chi connectivity index (χ2v) is 5.19. The molecule has 0 aliphatic rings. The van der Waals surface area contributed by atoms with Crippen LogP contribution in [0.25, 0.3) is 11.3 Å². The number of nitrogens with zero attached hydrogens (tertiary/aromatic N) is 1. The molecule has 0 aliphatic carbocycles. The number of aromatic nitrogens is 1. The summed E-state index contributed by atoms with van der Waals surface area (Å²) in [6, 6.07) is 14.8. The van der Waals surface area contributed by atoms with Crippen LogP contribution in [0.4, 0.5) is 10.3 Å². The smallest absolute Gasteiger partial charge is 0.264 e. The van der Waals surface area contributed by atoms with Crippen LogP contribution >= 0.6 is 0 Å². The molecule has 1 heterocycles. The van der Waals surface area contributed by atoms with Gasteiger partial charge in [-0.25, -0.2) is 4.39 Å². The highest BCUT2D eigenvalue weighted by Crippen LogP contribution is 2.22. The van der Waals surface area contributed by atoms with E-state index in [0.717, 1.165) is 5.56 Å². The average Bonchev–Trinajstić information content (AvgIpc) is 3.03. The number of hydrogen-bond acceptors (Lipinski definition) is 4. The van der Waals surface area contributed by atoms with Gasteiger partial charge in [-0.3, -0.25) is 10.1 Å². The Bertz CT molecular complexity index is 843. The fourth-order valence-corrected chi connectivity index (χ4v) is 2.13. The number of hydrogen-bond donors (Lipinski definition) is 1. The maximum Gasteiger partial charge on any atom is 0.264 e. The van der Waals surface area contributed by atoms with Gasteiger partial charge >= 0.3 is 0 Å². The molecule has 0 radical (unpaired) electrons. The molecule has 5 nitrogen and oxygen atoms in total. The predicted molar refractivity (Wildman–Crippen MR) is 87.2 cm³/mol. The minimum absolute atomic E-state index is 0.141. The molecule has 0 bridgehead atoms. The molecule has 0 spiro atoms. The van der Waals surface area contributed by atoms with E-state index in [1.54, 1.807) is 24.3 Å². The highest BCUT2D eigenvalue weighted by Gasteiger charge is 2.11. The minimum atomic E-state index is -0.361. The second kappa shape index (κ2) is 6.95. The topological polar surface area (TPSA) is 64.4 Å². The number of aryl methyl sites for hydroxylation is 1. The number of carbonyl (C=O) groups is 1. The number of para-hydroxylation sites is 1. The highest BCUT2D eigenvalue weighted by atomic mass is 19.1. The highest BCUT2D eigenvalue weighted by molar-refractivity contribution is 5.91. The van der Waals surface area contributed by atoms with Crippen LogP contribution in [0.3, 0.4) is 0 Å². The third-order valence-corrected chi connectivity index (χ3v) is 3.37. The lowest BCUT2D eigenvalue weighted by Crippen LogP contribution is -2.20. The molecule has 1 N–H and O–H groups in total. The lowest BCUT2D eigenvalue weighted by molar-refractivity contribution is -0.118. The third kappa shape index (κ3) is 3.78. The largest absolute Gasteiger partial charge is 0.483 e. The number of rotatable bonds is 5. The molecule has 3 aromatic rings. The lowest BCUT2D eigenvalue weighted by atomic mass is 10.1. The van der Waals surface area contributed by atoms with Crippen LogP contribution in [0.5, 0.6) is 5.75 Å². The average molecular weight is 326 g/mol. The summed E-state index contributed by atoms with van der Waals surface area (Å²) in [6.45, 7) is 1.76. The SMILES string of the molecule is Cc1ccccc1OCC(=O)Nc1cc(-c2ccc(F)cc2)no1. The molecule has 0 unspecified atom stereocenters. The second-order valence-electron chi connectivity index (χ2n) is 5.19. The van der Waals surface area contributed by atoms with Crippen molar-refractivity contribution in [2.24, 2.45) is 0 Å². The van der Waals surface area contributed by atoms with Gasteiger partial charge in [0.25, 0.3) is 5.91 Å². The van der Waals surface area contributed by atoms with E-state index < -0.39 is 0 Å². The number of halogens is 1. The molecular weight excluding hydrogens is 311 g/mol. The summed E-state index contributed by atoms with van der Waals surface area (Å²) >= 11 is 0. The van der Waals surface area contributed by atoms with Crippen molar-refractivity contribution in [1.29, 1.82) is 0 Å². The van der Waals surface area contributed by atoms with Gasteiger partial charge in [-0.15, -0.1) is 0 Å². The van der Waals surface area contributed by atoms with E-state index in [0.29, 0.717) is 17.0 Å². The van der Waals surface area contributed by atoms with Crippen molar-refractivity contribution in [3.63, 3.8) is 0 Å². The van der Waals surface area contributed by atoms with Gasteiger partial charge < -0.3 is 9.26 Å². The van der Waals surface area contributed by atoms with E-state index in [1.165, 1.54) is 12.1 Å². The Balaban J connectivity index is 1.59. The van der Waals surface area contributed by atoms with Crippen LogP contribution in [0.2, 0.25) is 0 Å². The zero-order valence-electron chi connectivity index (χ0n) is 13.0. The maximum atomic E-state index is 12.9. The van der Waals surface area contributed by atoms with Crippen molar-refractivity contribution in [2.75, 3.05) is 11.9 Å². The Labute approximate surface area is 138 Å². The number of nitrogens with one attached hydrogen (secondary N) is 1. The zero-order valence-corrected chi connectivity index (χ0v) is 13.0. The van der Waals surface area contributed by atoms with Gasteiger partial charge in [0.2, 0.25) is 5.88 Å². The van der Waals surface area contributed by atoms with E-state index in [2.05, 4.69) is 10.5 Å².